The number of carbonyl (C=O) groups excluding carboxylic acids is 2. The highest BCUT2D eigenvalue weighted by atomic mass is 35.5. The van der Waals surface area contributed by atoms with Crippen LogP contribution in [0.3, 0.4) is 0 Å². The fourth-order valence-corrected chi connectivity index (χ4v) is 3.84. The second-order valence-electron chi connectivity index (χ2n) is 7.18. The van der Waals surface area contributed by atoms with E-state index in [1.54, 1.807) is 19.1 Å². The second-order valence-corrected chi connectivity index (χ2v) is 7.18. The maximum atomic E-state index is 12.4. The summed E-state index contributed by atoms with van der Waals surface area (Å²) >= 11 is 0. The zero-order chi connectivity index (χ0) is 17.8. The minimum absolute atomic E-state index is 0. The molecule has 2 fully saturated rings. The Labute approximate surface area is 160 Å². The number of hydrogen-bond donors (Lipinski definition) is 3. The van der Waals surface area contributed by atoms with Crippen LogP contribution in [0.25, 0.3) is 0 Å². The largest absolute Gasteiger partial charge is 0.372 e. The average molecular weight is 382 g/mol. The molecular weight excluding hydrogens is 354 g/mol. The Bertz CT molecular complexity index is 628. The van der Waals surface area contributed by atoms with E-state index in [9.17, 15) is 9.59 Å². The lowest BCUT2D eigenvalue weighted by molar-refractivity contribution is -0.124. The van der Waals surface area contributed by atoms with Gasteiger partial charge in [0.1, 0.15) is 6.10 Å². The van der Waals surface area contributed by atoms with Crippen molar-refractivity contribution in [2.24, 2.45) is 5.92 Å². The normalized spacial score (nSPS) is 25.1. The van der Waals surface area contributed by atoms with Crippen molar-refractivity contribution < 1.29 is 14.3 Å². The Morgan fingerprint density at radius 3 is 2.42 bits per heavy atom. The van der Waals surface area contributed by atoms with Crippen LogP contribution in [0.2, 0.25) is 0 Å². The number of benzene rings is 1. The van der Waals surface area contributed by atoms with Crippen molar-refractivity contribution in [3.05, 3.63) is 24.3 Å². The Morgan fingerprint density at radius 2 is 1.81 bits per heavy atom. The third kappa shape index (κ3) is 5.43. The summed E-state index contributed by atoms with van der Waals surface area (Å²) in [5.41, 5.74) is 1.34. The molecule has 3 unspecified atom stereocenters. The van der Waals surface area contributed by atoms with Gasteiger partial charge in [-0.2, -0.15) is 0 Å². The zero-order valence-corrected chi connectivity index (χ0v) is 16.1. The lowest BCUT2D eigenvalue weighted by Crippen LogP contribution is -2.39. The molecule has 2 aliphatic heterocycles. The van der Waals surface area contributed by atoms with Crippen LogP contribution < -0.4 is 16.0 Å². The molecule has 144 valence electrons. The molecule has 1 aromatic carbocycles. The molecule has 0 saturated carbocycles. The third-order valence-electron chi connectivity index (χ3n) is 5.18. The highest BCUT2D eigenvalue weighted by Gasteiger charge is 2.34. The monoisotopic (exact) mass is 381 g/mol. The topological polar surface area (TPSA) is 79.5 Å². The van der Waals surface area contributed by atoms with Gasteiger partial charge in [0.15, 0.2) is 0 Å². The third-order valence-corrected chi connectivity index (χ3v) is 5.18. The number of methoxy groups -OCH3 is 1. The molecule has 0 aliphatic carbocycles. The van der Waals surface area contributed by atoms with Crippen molar-refractivity contribution in [2.75, 3.05) is 17.7 Å². The SMILES string of the molecule is COC(C)C(=O)Nc1cccc(NC(=O)CC2CC3CCC(C2)N3)c1.Cl. The highest BCUT2D eigenvalue weighted by molar-refractivity contribution is 5.95. The van der Waals surface area contributed by atoms with Gasteiger partial charge in [-0.15, -0.1) is 12.4 Å². The Hall–Kier alpha value is -1.63. The van der Waals surface area contributed by atoms with Gasteiger partial charge in [-0.25, -0.2) is 0 Å². The molecule has 0 aromatic heterocycles. The molecule has 3 N–H and O–H groups in total. The number of halogens is 1. The molecule has 7 heteroatoms. The molecular formula is C19H28ClN3O3. The minimum Gasteiger partial charge on any atom is -0.372 e. The van der Waals surface area contributed by atoms with Crippen molar-refractivity contribution >= 4 is 35.6 Å². The van der Waals surface area contributed by atoms with Crippen molar-refractivity contribution in [1.29, 1.82) is 0 Å². The summed E-state index contributed by atoms with van der Waals surface area (Å²) in [5, 5.41) is 9.34. The predicted molar refractivity (Wildman–Crippen MR) is 105 cm³/mol. The van der Waals surface area contributed by atoms with Crippen LogP contribution in [0, 0.1) is 5.92 Å². The molecule has 3 rings (SSSR count). The van der Waals surface area contributed by atoms with Crippen molar-refractivity contribution in [3.63, 3.8) is 0 Å². The molecule has 2 bridgehead atoms. The van der Waals surface area contributed by atoms with E-state index < -0.39 is 6.10 Å². The van der Waals surface area contributed by atoms with Crippen LogP contribution in [0.1, 0.15) is 39.0 Å². The molecule has 2 heterocycles. The first-order chi connectivity index (χ1) is 12.0. The first-order valence-electron chi connectivity index (χ1n) is 9.03. The molecule has 1 aromatic rings. The molecule has 3 atom stereocenters. The lowest BCUT2D eigenvalue weighted by Gasteiger charge is -2.28. The van der Waals surface area contributed by atoms with Crippen molar-refractivity contribution in [3.8, 4) is 0 Å². The van der Waals surface area contributed by atoms with Crippen LogP contribution >= 0.6 is 12.4 Å². The van der Waals surface area contributed by atoms with E-state index in [0.29, 0.717) is 35.8 Å². The maximum Gasteiger partial charge on any atom is 0.253 e. The Morgan fingerprint density at radius 1 is 1.19 bits per heavy atom. The van der Waals surface area contributed by atoms with Crippen LogP contribution in [0.4, 0.5) is 11.4 Å². The van der Waals surface area contributed by atoms with Crippen LogP contribution in [0.15, 0.2) is 24.3 Å². The average Bonchev–Trinajstić information content (AvgIpc) is 2.92. The van der Waals surface area contributed by atoms with E-state index in [1.165, 1.54) is 20.0 Å². The van der Waals surface area contributed by atoms with Gasteiger partial charge >= 0.3 is 0 Å². The quantitative estimate of drug-likeness (QED) is 0.707. The first-order valence-corrected chi connectivity index (χ1v) is 9.03. The van der Waals surface area contributed by atoms with Gasteiger partial charge in [-0.1, -0.05) is 6.07 Å². The van der Waals surface area contributed by atoms with Gasteiger partial charge in [-0.3, -0.25) is 9.59 Å². The summed E-state index contributed by atoms with van der Waals surface area (Å²) in [6, 6.07) is 8.40. The van der Waals surface area contributed by atoms with E-state index in [0.717, 1.165) is 12.8 Å². The number of fused-ring (bicyclic) bond motifs is 2. The summed E-state index contributed by atoms with van der Waals surface area (Å²) in [7, 11) is 1.49. The maximum absolute atomic E-state index is 12.4. The molecule has 26 heavy (non-hydrogen) atoms. The standard InChI is InChI=1S/C19H27N3O3.ClH/c1-12(25-2)19(24)22-15-5-3-4-14(11-15)21-18(23)10-13-8-16-6-7-17(9-13)20-16;/h3-5,11-13,16-17,20H,6-10H2,1-2H3,(H,21,23)(H,22,24);1H. The van der Waals surface area contributed by atoms with Gasteiger partial charge in [0.25, 0.3) is 5.91 Å². The predicted octanol–water partition coefficient (Wildman–Crippen LogP) is 2.94. The lowest BCUT2D eigenvalue weighted by atomic mass is 9.89. The number of amides is 2. The summed E-state index contributed by atoms with van der Waals surface area (Å²) in [5.74, 6) is 0.292. The number of nitrogens with one attached hydrogen (secondary N) is 3. The van der Waals surface area contributed by atoms with Crippen LogP contribution in [-0.4, -0.2) is 37.1 Å². The summed E-state index contributed by atoms with van der Waals surface area (Å²) in [6.45, 7) is 1.69. The van der Waals surface area contributed by atoms with Gasteiger partial charge in [0.05, 0.1) is 0 Å². The molecule has 6 nitrogen and oxygen atoms in total. The van der Waals surface area contributed by atoms with Gasteiger partial charge in [0, 0.05) is 37.0 Å². The number of anilines is 2. The zero-order valence-electron chi connectivity index (χ0n) is 15.3. The smallest absolute Gasteiger partial charge is 0.253 e. The molecule has 2 saturated heterocycles. The van der Waals surface area contributed by atoms with Gasteiger partial charge in [-0.05, 0) is 56.7 Å². The number of rotatable bonds is 6. The molecule has 2 aliphatic rings. The number of ether oxygens (including phenoxy) is 1. The van der Waals surface area contributed by atoms with Crippen LogP contribution in [0.5, 0.6) is 0 Å². The Balaban J connectivity index is 0.00000243. The van der Waals surface area contributed by atoms with Crippen molar-refractivity contribution in [2.45, 2.75) is 57.2 Å². The summed E-state index contributed by atoms with van der Waals surface area (Å²) in [6.07, 6.45) is 4.71. The summed E-state index contributed by atoms with van der Waals surface area (Å²) in [4.78, 5) is 24.2. The van der Waals surface area contributed by atoms with E-state index >= 15 is 0 Å². The minimum atomic E-state index is -0.520. The molecule has 0 spiro atoms. The summed E-state index contributed by atoms with van der Waals surface area (Å²) < 4.78 is 5.00. The molecule has 2 amide bonds. The fourth-order valence-electron chi connectivity index (χ4n) is 3.84. The second kappa shape index (κ2) is 9.35. The number of hydrogen-bond acceptors (Lipinski definition) is 4. The van der Waals surface area contributed by atoms with E-state index in [-0.39, 0.29) is 24.2 Å². The fraction of sp³-hybridized carbons (Fsp3) is 0.579. The van der Waals surface area contributed by atoms with Crippen LogP contribution in [-0.2, 0) is 14.3 Å². The van der Waals surface area contributed by atoms with E-state index in [2.05, 4.69) is 16.0 Å². The number of piperidine rings is 1. The first kappa shape index (κ1) is 20.7. The molecule has 0 radical (unpaired) electrons. The van der Waals surface area contributed by atoms with E-state index in [4.69, 9.17) is 4.74 Å². The van der Waals surface area contributed by atoms with Gasteiger partial charge < -0.3 is 20.7 Å². The highest BCUT2D eigenvalue weighted by Crippen LogP contribution is 2.32. The number of carbonyl (C=O) groups is 2. The van der Waals surface area contributed by atoms with Gasteiger partial charge in [0.2, 0.25) is 5.91 Å². The van der Waals surface area contributed by atoms with E-state index in [1.807, 2.05) is 12.1 Å². The Kier molecular flexibility index (Phi) is 7.43. The van der Waals surface area contributed by atoms with Crippen molar-refractivity contribution in [1.82, 2.24) is 5.32 Å².